The number of methoxy groups -OCH3 is 1. The zero-order valence-corrected chi connectivity index (χ0v) is 21.5. The first-order valence-corrected chi connectivity index (χ1v) is 13.4. The maximum absolute atomic E-state index is 14.0. The lowest BCUT2D eigenvalue weighted by Gasteiger charge is -2.22. The van der Waals surface area contributed by atoms with E-state index in [1.807, 2.05) is 0 Å². The molecule has 0 spiro atoms. The summed E-state index contributed by atoms with van der Waals surface area (Å²) >= 11 is 0. The summed E-state index contributed by atoms with van der Waals surface area (Å²) in [5, 5.41) is 9.19. The Labute approximate surface area is 222 Å². The van der Waals surface area contributed by atoms with E-state index >= 15 is 0 Å². The molecule has 2 N–H and O–H groups in total. The maximum Gasteiger partial charge on any atom is 0.435 e. The van der Waals surface area contributed by atoms with Crippen LogP contribution in [0.1, 0.15) is 28.2 Å². The van der Waals surface area contributed by atoms with E-state index in [2.05, 4.69) is 5.10 Å². The Hall–Kier alpha value is -4.16. The number of nitrogens with zero attached hydrogens (tertiary/aromatic N) is 3. The number of aromatic nitrogens is 2. The molecule has 3 aromatic carbocycles. The van der Waals surface area contributed by atoms with E-state index in [1.54, 1.807) is 54.6 Å². The van der Waals surface area contributed by atoms with E-state index in [9.17, 15) is 26.4 Å². The van der Waals surface area contributed by atoms with Crippen LogP contribution in [0.15, 0.2) is 77.7 Å². The molecule has 4 aromatic rings. The summed E-state index contributed by atoms with van der Waals surface area (Å²) in [6.07, 6.45) is -4.44. The maximum atomic E-state index is 14.0. The number of sulfonamides is 1. The van der Waals surface area contributed by atoms with Crippen LogP contribution in [0.5, 0.6) is 5.75 Å². The highest BCUT2D eigenvalue weighted by atomic mass is 32.2. The normalized spacial score (nSPS) is 14.2. The molecule has 0 saturated heterocycles. The highest BCUT2D eigenvalue weighted by Crippen LogP contribution is 2.37. The van der Waals surface area contributed by atoms with Crippen LogP contribution in [0.4, 0.5) is 18.9 Å². The largest absolute Gasteiger partial charge is 0.497 e. The topological polar surface area (TPSA) is 108 Å². The number of anilines is 1. The minimum absolute atomic E-state index is 0.0163. The molecular formula is C27H23F3N4O4S. The Morgan fingerprint density at radius 2 is 1.59 bits per heavy atom. The van der Waals surface area contributed by atoms with Gasteiger partial charge in [0.1, 0.15) is 11.4 Å². The van der Waals surface area contributed by atoms with Crippen LogP contribution in [0.25, 0.3) is 16.8 Å². The van der Waals surface area contributed by atoms with Crippen molar-refractivity contribution in [1.82, 2.24) is 9.78 Å². The van der Waals surface area contributed by atoms with Gasteiger partial charge in [-0.3, -0.25) is 4.79 Å². The number of halogens is 3. The fraction of sp³-hybridized carbons (Fsp3) is 0.185. The average molecular weight is 557 g/mol. The van der Waals surface area contributed by atoms with Crippen molar-refractivity contribution in [3.63, 3.8) is 0 Å². The van der Waals surface area contributed by atoms with Crippen LogP contribution in [-0.2, 0) is 22.6 Å². The van der Waals surface area contributed by atoms with Gasteiger partial charge < -0.3 is 9.64 Å². The molecule has 39 heavy (non-hydrogen) atoms. The molecule has 1 aliphatic heterocycles. The number of rotatable bonds is 5. The fourth-order valence-electron chi connectivity index (χ4n) is 4.71. The Morgan fingerprint density at radius 1 is 0.949 bits per heavy atom. The van der Waals surface area contributed by atoms with Crippen molar-refractivity contribution < 1.29 is 31.1 Å². The number of amides is 1. The lowest BCUT2D eigenvalue weighted by molar-refractivity contribution is -0.142. The van der Waals surface area contributed by atoms with Crippen molar-refractivity contribution in [1.29, 1.82) is 0 Å². The van der Waals surface area contributed by atoms with Gasteiger partial charge in [-0.25, -0.2) is 18.2 Å². The molecule has 0 aliphatic carbocycles. The van der Waals surface area contributed by atoms with E-state index in [1.165, 1.54) is 30.2 Å². The summed E-state index contributed by atoms with van der Waals surface area (Å²) in [5.74, 6) is -0.121. The van der Waals surface area contributed by atoms with E-state index in [4.69, 9.17) is 9.88 Å². The van der Waals surface area contributed by atoms with Crippen LogP contribution in [0.2, 0.25) is 0 Å². The molecule has 1 amide bonds. The minimum atomic E-state index is -4.74. The zero-order chi connectivity index (χ0) is 27.9. The second kappa shape index (κ2) is 9.86. The summed E-state index contributed by atoms with van der Waals surface area (Å²) in [6.45, 7) is 0.181. The summed E-state index contributed by atoms with van der Waals surface area (Å²) in [7, 11) is -2.51. The highest BCUT2D eigenvalue weighted by molar-refractivity contribution is 7.89. The molecule has 0 radical (unpaired) electrons. The summed E-state index contributed by atoms with van der Waals surface area (Å²) in [4.78, 5) is 15.2. The lowest BCUT2D eigenvalue weighted by atomic mass is 10.0. The number of benzene rings is 3. The van der Waals surface area contributed by atoms with Gasteiger partial charge in [0.2, 0.25) is 10.0 Å². The predicted octanol–water partition coefficient (Wildman–Crippen LogP) is 4.81. The number of primary sulfonamides is 1. The van der Waals surface area contributed by atoms with Crippen LogP contribution >= 0.6 is 0 Å². The molecule has 8 nitrogen and oxygen atoms in total. The summed E-state index contributed by atoms with van der Waals surface area (Å²) < 4.78 is 72.1. The number of fused-ring (bicyclic) bond motifs is 1. The molecule has 2 heterocycles. The molecule has 12 heteroatoms. The first-order chi connectivity index (χ1) is 18.5. The van der Waals surface area contributed by atoms with Gasteiger partial charge in [0, 0.05) is 23.4 Å². The van der Waals surface area contributed by atoms with Crippen molar-refractivity contribution in [3.05, 3.63) is 89.7 Å². The summed E-state index contributed by atoms with van der Waals surface area (Å²) in [5.41, 5.74) is 0.280. The van der Waals surface area contributed by atoms with E-state index in [0.717, 1.165) is 4.68 Å². The van der Waals surface area contributed by atoms with Gasteiger partial charge in [0.25, 0.3) is 5.91 Å². The Bertz CT molecular complexity index is 1650. The van der Waals surface area contributed by atoms with Crippen LogP contribution in [-0.4, -0.2) is 37.8 Å². The van der Waals surface area contributed by atoms with Crippen molar-refractivity contribution in [2.45, 2.75) is 23.9 Å². The van der Waals surface area contributed by atoms with Crippen molar-refractivity contribution in [2.75, 3.05) is 18.6 Å². The number of carbonyl (C=O) groups is 1. The Kier molecular flexibility index (Phi) is 6.69. The van der Waals surface area contributed by atoms with E-state index in [-0.39, 0.29) is 41.2 Å². The monoisotopic (exact) mass is 556 g/mol. The molecule has 0 unspecified atom stereocenters. The van der Waals surface area contributed by atoms with Gasteiger partial charge in [0.05, 0.1) is 17.7 Å². The average Bonchev–Trinajstić information content (AvgIpc) is 3.22. The number of ether oxygens (including phenoxy) is 1. The fourth-order valence-corrected chi connectivity index (χ4v) is 5.47. The first kappa shape index (κ1) is 26.4. The third kappa shape index (κ3) is 5.00. The van der Waals surface area contributed by atoms with Crippen molar-refractivity contribution >= 4 is 21.6 Å². The van der Waals surface area contributed by atoms with Gasteiger partial charge in [0.15, 0.2) is 5.69 Å². The third-order valence-corrected chi connectivity index (χ3v) is 7.48. The molecule has 0 bridgehead atoms. The third-order valence-electron chi connectivity index (χ3n) is 6.51. The van der Waals surface area contributed by atoms with E-state index in [0.29, 0.717) is 22.6 Å². The van der Waals surface area contributed by atoms with Gasteiger partial charge in [-0.2, -0.15) is 18.3 Å². The molecule has 0 atom stereocenters. The number of hydrogen-bond acceptors (Lipinski definition) is 5. The van der Waals surface area contributed by atoms with Gasteiger partial charge >= 0.3 is 6.18 Å². The SMILES string of the molecule is COc1ccc(-n2nc(C(F)(F)F)c3c2C(=O)N(c2ccc(-c4ccccc4S(N)(=O)=O)cc2)CCC3)cc1. The molecule has 1 aliphatic rings. The van der Waals surface area contributed by atoms with Gasteiger partial charge in [-0.1, -0.05) is 30.3 Å². The number of alkyl halides is 3. The Morgan fingerprint density at radius 3 is 2.21 bits per heavy atom. The quantitative estimate of drug-likeness (QED) is 0.380. The smallest absolute Gasteiger partial charge is 0.435 e. The van der Waals surface area contributed by atoms with Crippen LogP contribution in [0, 0.1) is 0 Å². The number of hydrogen-bond donors (Lipinski definition) is 1. The summed E-state index contributed by atoms with van der Waals surface area (Å²) in [6, 6.07) is 19.0. The van der Waals surface area contributed by atoms with Crippen molar-refractivity contribution in [3.8, 4) is 22.6 Å². The number of nitrogens with two attached hydrogens (primary N) is 1. The number of carbonyl (C=O) groups excluding carboxylic acids is 1. The minimum Gasteiger partial charge on any atom is -0.497 e. The van der Waals surface area contributed by atoms with Gasteiger partial charge in [-0.15, -0.1) is 0 Å². The predicted molar refractivity (Wildman–Crippen MR) is 138 cm³/mol. The van der Waals surface area contributed by atoms with Crippen LogP contribution in [0.3, 0.4) is 0 Å². The first-order valence-electron chi connectivity index (χ1n) is 11.9. The molecule has 0 saturated carbocycles. The Balaban J connectivity index is 1.57. The van der Waals surface area contributed by atoms with Crippen LogP contribution < -0.4 is 14.8 Å². The molecule has 1 aromatic heterocycles. The molecular weight excluding hydrogens is 533 g/mol. The standard InChI is InChI=1S/C27H23F3N4O4S/c1-38-20-14-12-19(13-15-20)34-24-22(25(32-34)27(28,29)30)6-4-16-33(26(24)35)18-10-8-17(9-11-18)21-5-2-3-7-23(21)39(31,36)37/h2-3,5,7-15H,4,6,16H2,1H3,(H2,31,36,37). The zero-order valence-electron chi connectivity index (χ0n) is 20.6. The molecule has 0 fully saturated rings. The molecule has 5 rings (SSSR count). The van der Waals surface area contributed by atoms with E-state index < -0.39 is 27.8 Å². The van der Waals surface area contributed by atoms with Gasteiger partial charge in [-0.05, 0) is 60.9 Å². The molecule has 202 valence electrons. The second-order valence-corrected chi connectivity index (χ2v) is 10.5. The van der Waals surface area contributed by atoms with Crippen molar-refractivity contribution in [2.24, 2.45) is 5.14 Å². The highest BCUT2D eigenvalue weighted by Gasteiger charge is 2.42. The lowest BCUT2D eigenvalue weighted by Crippen LogP contribution is -2.32. The second-order valence-electron chi connectivity index (χ2n) is 8.93.